The molecule has 6 nitrogen and oxygen atoms in total. The molecule has 0 radical (unpaired) electrons. The van der Waals surface area contributed by atoms with E-state index in [0.717, 1.165) is 51.6 Å². The number of benzene rings is 3. The van der Waals surface area contributed by atoms with Crippen molar-refractivity contribution in [3.8, 4) is 11.5 Å². The molecule has 3 aliphatic rings. The maximum absolute atomic E-state index is 13.5. The van der Waals surface area contributed by atoms with Crippen LogP contribution in [0.15, 0.2) is 71.8 Å². The van der Waals surface area contributed by atoms with Crippen molar-refractivity contribution in [2.75, 3.05) is 12.4 Å². The van der Waals surface area contributed by atoms with Crippen molar-refractivity contribution in [1.29, 1.82) is 0 Å². The number of carbonyl (C=O) groups is 1. The molecule has 3 aromatic rings. The van der Waals surface area contributed by atoms with Gasteiger partial charge in [-0.25, -0.2) is 5.01 Å². The fraction of sp³-hybridized carbons (Fsp3) is 0.231. The third-order valence-electron chi connectivity index (χ3n) is 6.61. The molecule has 0 fully saturated rings. The fourth-order valence-corrected chi connectivity index (χ4v) is 4.91. The summed E-state index contributed by atoms with van der Waals surface area (Å²) < 4.78 is 11.8. The van der Waals surface area contributed by atoms with Crippen molar-refractivity contribution in [3.05, 3.63) is 89.0 Å². The Morgan fingerprint density at radius 3 is 2.75 bits per heavy atom. The number of nitrogens with one attached hydrogen (secondary N) is 1. The molecule has 3 heterocycles. The summed E-state index contributed by atoms with van der Waals surface area (Å²) in [5.41, 5.74) is 4.39. The van der Waals surface area contributed by atoms with E-state index in [-0.39, 0.29) is 11.9 Å². The minimum atomic E-state index is -1.33. The summed E-state index contributed by atoms with van der Waals surface area (Å²) in [6, 6.07) is 21.8. The Morgan fingerprint density at radius 2 is 1.97 bits per heavy atom. The molecule has 0 aliphatic carbocycles. The van der Waals surface area contributed by atoms with E-state index in [1.807, 2.05) is 59.6 Å². The number of hydrazone groups is 1. The molecule has 0 aromatic heterocycles. The molecule has 2 unspecified atom stereocenters. The number of para-hydroxylation sites is 1. The number of ether oxygens (including phenoxy) is 2. The van der Waals surface area contributed by atoms with Gasteiger partial charge in [0.05, 0.1) is 30.1 Å². The lowest BCUT2D eigenvalue weighted by Gasteiger charge is -2.44. The lowest BCUT2D eigenvalue weighted by Crippen LogP contribution is -2.55. The number of fused-ring (bicyclic) bond motifs is 6. The first kappa shape index (κ1) is 18.9. The number of amides is 1. The van der Waals surface area contributed by atoms with E-state index in [0.29, 0.717) is 6.42 Å². The molecule has 0 saturated carbocycles. The van der Waals surface area contributed by atoms with Gasteiger partial charge >= 0.3 is 5.72 Å². The second-order valence-corrected chi connectivity index (χ2v) is 8.31. The largest absolute Gasteiger partial charge is 0.497 e. The molecule has 160 valence electrons. The summed E-state index contributed by atoms with van der Waals surface area (Å²) >= 11 is 0. The number of anilines is 1. The maximum Gasteiger partial charge on any atom is 0.306 e. The molecule has 1 amide bonds. The van der Waals surface area contributed by atoms with E-state index in [2.05, 4.69) is 24.4 Å². The molecule has 32 heavy (non-hydrogen) atoms. The van der Waals surface area contributed by atoms with Crippen molar-refractivity contribution in [3.63, 3.8) is 0 Å². The zero-order valence-corrected chi connectivity index (χ0v) is 18.0. The van der Waals surface area contributed by atoms with Gasteiger partial charge in [-0.15, -0.1) is 0 Å². The van der Waals surface area contributed by atoms with Crippen LogP contribution in [0.25, 0.3) is 0 Å². The van der Waals surface area contributed by atoms with Crippen molar-refractivity contribution in [1.82, 2.24) is 5.01 Å². The highest BCUT2D eigenvalue weighted by Crippen LogP contribution is 2.54. The van der Waals surface area contributed by atoms with E-state index in [9.17, 15) is 4.79 Å². The van der Waals surface area contributed by atoms with E-state index in [1.54, 1.807) is 7.11 Å². The van der Waals surface area contributed by atoms with E-state index >= 15 is 0 Å². The van der Waals surface area contributed by atoms with Gasteiger partial charge < -0.3 is 14.8 Å². The van der Waals surface area contributed by atoms with Crippen LogP contribution >= 0.6 is 0 Å². The van der Waals surface area contributed by atoms with Crippen LogP contribution in [0, 0.1) is 0 Å². The van der Waals surface area contributed by atoms with Crippen LogP contribution in [0.1, 0.15) is 41.6 Å². The van der Waals surface area contributed by atoms with Crippen molar-refractivity contribution in [2.24, 2.45) is 5.10 Å². The van der Waals surface area contributed by atoms with Gasteiger partial charge in [-0.2, -0.15) is 5.10 Å². The summed E-state index contributed by atoms with van der Waals surface area (Å²) in [5, 5.41) is 9.90. The Kier molecular flexibility index (Phi) is 4.05. The zero-order chi connectivity index (χ0) is 21.9. The van der Waals surface area contributed by atoms with Crippen LogP contribution in [0.4, 0.5) is 5.69 Å². The Labute approximate surface area is 186 Å². The SMILES string of the molecule is CCc1ccc2c(c1)C1(Oc3ccccc3C3CC(c4ccc(OC)cc4)=NN31)C(=O)N2. The van der Waals surface area contributed by atoms with E-state index < -0.39 is 5.72 Å². The van der Waals surface area contributed by atoms with Gasteiger partial charge in [0.25, 0.3) is 5.91 Å². The average molecular weight is 425 g/mol. The highest BCUT2D eigenvalue weighted by atomic mass is 16.5. The van der Waals surface area contributed by atoms with Crippen LogP contribution in [0.5, 0.6) is 11.5 Å². The van der Waals surface area contributed by atoms with Crippen LogP contribution in [0.3, 0.4) is 0 Å². The molecule has 0 saturated heterocycles. The zero-order valence-electron chi connectivity index (χ0n) is 18.0. The highest BCUT2D eigenvalue weighted by Gasteiger charge is 2.60. The number of hydrogen-bond donors (Lipinski definition) is 1. The summed E-state index contributed by atoms with van der Waals surface area (Å²) in [5.74, 6) is 1.32. The average Bonchev–Trinajstić information content (AvgIpc) is 3.40. The highest BCUT2D eigenvalue weighted by molar-refractivity contribution is 6.07. The van der Waals surface area contributed by atoms with E-state index in [4.69, 9.17) is 14.6 Å². The lowest BCUT2D eigenvalue weighted by atomic mass is 9.91. The number of hydrogen-bond acceptors (Lipinski definition) is 5. The van der Waals surface area contributed by atoms with Gasteiger partial charge in [0.2, 0.25) is 0 Å². The van der Waals surface area contributed by atoms with Crippen LogP contribution < -0.4 is 14.8 Å². The number of methoxy groups -OCH3 is 1. The van der Waals surface area contributed by atoms with Crippen LogP contribution in [0.2, 0.25) is 0 Å². The summed E-state index contributed by atoms with van der Waals surface area (Å²) in [7, 11) is 1.65. The number of carbonyl (C=O) groups excluding carboxylic acids is 1. The van der Waals surface area contributed by atoms with Crippen molar-refractivity contribution in [2.45, 2.75) is 31.5 Å². The topological polar surface area (TPSA) is 63.2 Å². The monoisotopic (exact) mass is 425 g/mol. The van der Waals surface area contributed by atoms with Gasteiger partial charge in [0.15, 0.2) is 0 Å². The standard InChI is InChI=1S/C26H23N3O3/c1-3-16-8-13-21-20(14-16)26(25(30)27-21)29-23(19-6-4-5-7-24(19)32-26)15-22(28-29)17-9-11-18(31-2)12-10-17/h4-14,23H,3,15H2,1-2H3,(H,27,30). The molecule has 6 rings (SSSR count). The molecular formula is C26H23N3O3. The smallest absolute Gasteiger partial charge is 0.306 e. The Bertz CT molecular complexity index is 1270. The summed E-state index contributed by atoms with van der Waals surface area (Å²) in [4.78, 5) is 13.5. The second kappa shape index (κ2) is 6.85. The molecule has 2 atom stereocenters. The maximum atomic E-state index is 13.5. The molecule has 1 N–H and O–H groups in total. The minimum Gasteiger partial charge on any atom is -0.497 e. The molecule has 6 heteroatoms. The molecule has 1 spiro atoms. The quantitative estimate of drug-likeness (QED) is 0.666. The van der Waals surface area contributed by atoms with Crippen molar-refractivity contribution >= 4 is 17.3 Å². The summed E-state index contributed by atoms with van der Waals surface area (Å²) in [6.45, 7) is 2.11. The lowest BCUT2D eigenvalue weighted by molar-refractivity contribution is -0.161. The van der Waals surface area contributed by atoms with Gasteiger partial charge in [-0.05, 0) is 60.0 Å². The minimum absolute atomic E-state index is 0.0981. The number of nitrogens with zero attached hydrogens (tertiary/aromatic N) is 2. The van der Waals surface area contributed by atoms with Gasteiger partial charge in [0.1, 0.15) is 11.5 Å². The predicted octanol–water partition coefficient (Wildman–Crippen LogP) is 4.61. The Morgan fingerprint density at radius 1 is 1.16 bits per heavy atom. The first-order valence-electron chi connectivity index (χ1n) is 10.9. The first-order valence-corrected chi connectivity index (χ1v) is 10.9. The van der Waals surface area contributed by atoms with Gasteiger partial charge in [-0.1, -0.05) is 31.2 Å². The first-order chi connectivity index (χ1) is 15.6. The van der Waals surface area contributed by atoms with Gasteiger partial charge in [-0.3, -0.25) is 4.79 Å². The normalized spacial score (nSPS) is 22.6. The Hall–Kier alpha value is -3.80. The Balaban J connectivity index is 1.54. The van der Waals surface area contributed by atoms with Crippen LogP contribution in [-0.2, 0) is 16.9 Å². The number of aryl methyl sites for hydroxylation is 1. The van der Waals surface area contributed by atoms with Crippen molar-refractivity contribution < 1.29 is 14.3 Å². The number of rotatable bonds is 3. The predicted molar refractivity (Wildman–Crippen MR) is 122 cm³/mol. The third-order valence-corrected chi connectivity index (χ3v) is 6.61. The van der Waals surface area contributed by atoms with Gasteiger partial charge in [0, 0.05) is 12.0 Å². The fourth-order valence-electron chi connectivity index (χ4n) is 4.91. The molecule has 3 aliphatic heterocycles. The summed E-state index contributed by atoms with van der Waals surface area (Å²) in [6.07, 6.45) is 1.56. The third kappa shape index (κ3) is 2.52. The van der Waals surface area contributed by atoms with Crippen LogP contribution in [-0.4, -0.2) is 23.7 Å². The second-order valence-electron chi connectivity index (χ2n) is 8.31. The molecule has 3 aromatic carbocycles. The van der Waals surface area contributed by atoms with E-state index in [1.165, 1.54) is 0 Å². The molecule has 0 bridgehead atoms. The molecular weight excluding hydrogens is 402 g/mol.